The number of rotatable bonds is 3. The third kappa shape index (κ3) is 3.17. The van der Waals surface area contributed by atoms with E-state index in [4.69, 9.17) is 0 Å². The summed E-state index contributed by atoms with van der Waals surface area (Å²) in [7, 11) is 0. The van der Waals surface area contributed by atoms with E-state index in [0.717, 1.165) is 10.9 Å². The predicted octanol–water partition coefficient (Wildman–Crippen LogP) is 3.97. The molecule has 0 atom stereocenters. The number of halogens is 2. The molecule has 0 aliphatic carbocycles. The summed E-state index contributed by atoms with van der Waals surface area (Å²) in [5.41, 5.74) is 2.12. The first-order chi connectivity index (χ1) is 8.69. The maximum Gasteiger partial charge on any atom is 0.255 e. The Balaban J connectivity index is 2.11. The van der Waals surface area contributed by atoms with Crippen LogP contribution in [0, 0.1) is 5.82 Å². The van der Waals surface area contributed by atoms with Gasteiger partial charge in [0, 0.05) is 16.6 Å². The normalized spacial score (nSPS) is 10.1. The van der Waals surface area contributed by atoms with Gasteiger partial charge in [-0.15, -0.1) is 0 Å². The van der Waals surface area contributed by atoms with Crippen molar-refractivity contribution in [3.8, 4) is 0 Å². The zero-order chi connectivity index (χ0) is 13.0. The Morgan fingerprint density at radius 3 is 2.50 bits per heavy atom. The number of carbonyl (C=O) groups excluding carboxylic acids is 1. The van der Waals surface area contributed by atoms with Crippen LogP contribution in [0.1, 0.15) is 15.9 Å². The number of hydrogen-bond acceptors (Lipinski definition) is 1. The average molecular weight is 308 g/mol. The summed E-state index contributed by atoms with van der Waals surface area (Å²) in [6.07, 6.45) is 0. The second-order valence-electron chi connectivity index (χ2n) is 3.80. The monoisotopic (exact) mass is 307 g/mol. The summed E-state index contributed by atoms with van der Waals surface area (Å²) < 4.78 is 13.0. The van der Waals surface area contributed by atoms with E-state index in [1.54, 1.807) is 6.07 Å². The van der Waals surface area contributed by atoms with Crippen molar-refractivity contribution in [1.82, 2.24) is 0 Å². The molecular weight excluding hydrogens is 297 g/mol. The number of alkyl halides is 1. The van der Waals surface area contributed by atoms with Gasteiger partial charge in [-0.1, -0.05) is 34.1 Å². The zero-order valence-corrected chi connectivity index (χ0v) is 11.1. The molecule has 2 aromatic rings. The first-order valence-corrected chi connectivity index (χ1v) is 6.53. The second-order valence-corrected chi connectivity index (χ2v) is 4.36. The molecule has 0 aromatic heterocycles. The molecule has 1 amide bonds. The Kier molecular flexibility index (Phi) is 4.10. The first kappa shape index (κ1) is 12.8. The van der Waals surface area contributed by atoms with Crippen molar-refractivity contribution < 1.29 is 9.18 Å². The van der Waals surface area contributed by atoms with Gasteiger partial charge in [-0.25, -0.2) is 4.39 Å². The second kappa shape index (κ2) is 5.78. The van der Waals surface area contributed by atoms with Crippen LogP contribution < -0.4 is 5.32 Å². The quantitative estimate of drug-likeness (QED) is 0.854. The largest absolute Gasteiger partial charge is 0.322 e. The predicted molar refractivity (Wildman–Crippen MR) is 73.4 cm³/mol. The van der Waals surface area contributed by atoms with Crippen LogP contribution >= 0.6 is 15.9 Å². The van der Waals surface area contributed by atoms with Crippen LogP contribution in [0.2, 0.25) is 0 Å². The van der Waals surface area contributed by atoms with E-state index in [1.165, 1.54) is 18.2 Å². The highest BCUT2D eigenvalue weighted by Crippen LogP contribution is 2.13. The summed E-state index contributed by atoms with van der Waals surface area (Å²) in [6, 6.07) is 13.1. The van der Waals surface area contributed by atoms with E-state index >= 15 is 0 Å². The van der Waals surface area contributed by atoms with Gasteiger partial charge in [0.05, 0.1) is 0 Å². The number of benzene rings is 2. The van der Waals surface area contributed by atoms with Gasteiger partial charge in [0.25, 0.3) is 5.91 Å². The number of anilines is 1. The Morgan fingerprint density at radius 2 is 1.89 bits per heavy atom. The lowest BCUT2D eigenvalue weighted by molar-refractivity contribution is 0.102. The maximum atomic E-state index is 13.0. The minimum atomic E-state index is -0.419. The fraction of sp³-hybridized carbons (Fsp3) is 0.0714. The minimum absolute atomic E-state index is 0.305. The smallest absolute Gasteiger partial charge is 0.255 e. The number of hydrogen-bond donors (Lipinski definition) is 1. The minimum Gasteiger partial charge on any atom is -0.322 e. The van der Waals surface area contributed by atoms with Gasteiger partial charge in [-0.3, -0.25) is 4.79 Å². The topological polar surface area (TPSA) is 29.1 Å². The van der Waals surface area contributed by atoms with Crippen LogP contribution in [-0.2, 0) is 5.33 Å². The molecule has 4 heteroatoms. The third-order valence-corrected chi connectivity index (χ3v) is 3.10. The molecule has 0 bridgehead atoms. The van der Waals surface area contributed by atoms with Crippen molar-refractivity contribution in [3.63, 3.8) is 0 Å². The van der Waals surface area contributed by atoms with Gasteiger partial charge in [0.1, 0.15) is 5.82 Å². The van der Waals surface area contributed by atoms with E-state index in [2.05, 4.69) is 21.2 Å². The number of nitrogens with one attached hydrogen (secondary N) is 1. The van der Waals surface area contributed by atoms with Crippen molar-refractivity contribution in [2.75, 3.05) is 5.32 Å². The first-order valence-electron chi connectivity index (χ1n) is 5.41. The number of amides is 1. The van der Waals surface area contributed by atoms with Gasteiger partial charge >= 0.3 is 0 Å². The van der Waals surface area contributed by atoms with Gasteiger partial charge in [0.15, 0.2) is 0 Å². The molecule has 0 radical (unpaired) electrons. The average Bonchev–Trinajstić information content (AvgIpc) is 2.39. The van der Waals surface area contributed by atoms with Gasteiger partial charge in [0.2, 0.25) is 0 Å². The molecule has 18 heavy (non-hydrogen) atoms. The van der Waals surface area contributed by atoms with E-state index in [-0.39, 0.29) is 5.91 Å². The molecule has 92 valence electrons. The van der Waals surface area contributed by atoms with Crippen LogP contribution in [0.3, 0.4) is 0 Å². The lowest BCUT2D eigenvalue weighted by Gasteiger charge is -2.06. The molecule has 0 spiro atoms. The Labute approximate surface area is 113 Å². The molecule has 2 rings (SSSR count). The van der Waals surface area contributed by atoms with Crippen LogP contribution in [-0.4, -0.2) is 5.91 Å². The van der Waals surface area contributed by atoms with Crippen LogP contribution in [0.25, 0.3) is 0 Å². The Morgan fingerprint density at radius 1 is 1.17 bits per heavy atom. The lowest BCUT2D eigenvalue weighted by atomic mass is 10.2. The summed E-state index contributed by atoms with van der Waals surface area (Å²) in [6.45, 7) is 0. The molecule has 0 saturated heterocycles. The Hall–Kier alpha value is -1.68. The van der Waals surface area contributed by atoms with E-state index in [9.17, 15) is 9.18 Å². The standard InChI is InChI=1S/C14H11BrFNO/c15-9-10-4-6-13(7-5-10)17-14(18)11-2-1-3-12(16)8-11/h1-8H,9H2,(H,17,18). The van der Waals surface area contributed by atoms with E-state index in [1.807, 2.05) is 24.3 Å². The molecule has 0 aliphatic heterocycles. The van der Waals surface area contributed by atoms with Crippen molar-refractivity contribution in [3.05, 3.63) is 65.5 Å². The van der Waals surface area contributed by atoms with Crippen molar-refractivity contribution >= 4 is 27.5 Å². The number of carbonyl (C=O) groups is 1. The summed E-state index contributed by atoms with van der Waals surface area (Å²) in [5, 5.41) is 3.48. The fourth-order valence-corrected chi connectivity index (χ4v) is 1.88. The molecular formula is C14H11BrFNO. The Bertz CT molecular complexity index is 554. The van der Waals surface area contributed by atoms with Gasteiger partial charge in [-0.2, -0.15) is 0 Å². The summed E-state index contributed by atoms with van der Waals surface area (Å²) >= 11 is 3.35. The molecule has 2 aromatic carbocycles. The maximum absolute atomic E-state index is 13.0. The summed E-state index contributed by atoms with van der Waals surface area (Å²) in [4.78, 5) is 11.8. The van der Waals surface area contributed by atoms with Gasteiger partial charge in [-0.05, 0) is 35.9 Å². The highest BCUT2D eigenvalue weighted by molar-refractivity contribution is 9.08. The molecule has 2 nitrogen and oxygen atoms in total. The van der Waals surface area contributed by atoms with Gasteiger partial charge < -0.3 is 5.32 Å². The van der Waals surface area contributed by atoms with Crippen molar-refractivity contribution in [2.24, 2.45) is 0 Å². The zero-order valence-electron chi connectivity index (χ0n) is 9.49. The molecule has 0 unspecified atom stereocenters. The molecule has 1 N–H and O–H groups in total. The molecule has 0 saturated carbocycles. The molecule has 0 heterocycles. The highest BCUT2D eigenvalue weighted by Gasteiger charge is 2.06. The highest BCUT2D eigenvalue weighted by atomic mass is 79.9. The van der Waals surface area contributed by atoms with Crippen molar-refractivity contribution in [2.45, 2.75) is 5.33 Å². The third-order valence-electron chi connectivity index (χ3n) is 2.45. The molecule has 0 fully saturated rings. The van der Waals surface area contributed by atoms with Crippen LogP contribution in [0.15, 0.2) is 48.5 Å². The van der Waals surface area contributed by atoms with E-state index in [0.29, 0.717) is 11.3 Å². The van der Waals surface area contributed by atoms with Crippen molar-refractivity contribution in [1.29, 1.82) is 0 Å². The SMILES string of the molecule is O=C(Nc1ccc(CBr)cc1)c1cccc(F)c1. The van der Waals surface area contributed by atoms with Crippen LogP contribution in [0.5, 0.6) is 0 Å². The lowest BCUT2D eigenvalue weighted by Crippen LogP contribution is -2.11. The van der Waals surface area contributed by atoms with E-state index < -0.39 is 5.82 Å². The summed E-state index contributed by atoms with van der Waals surface area (Å²) in [5.74, 6) is -0.738. The van der Waals surface area contributed by atoms with Crippen LogP contribution in [0.4, 0.5) is 10.1 Å². The molecule has 0 aliphatic rings. The fourth-order valence-electron chi connectivity index (χ4n) is 1.51.